The number of aromatic nitrogens is 3. The number of rotatable bonds is 6. The molecule has 43 heavy (non-hydrogen) atoms. The molecule has 0 saturated carbocycles. The van der Waals surface area contributed by atoms with Crippen LogP contribution in [-0.2, 0) is 6.42 Å². The summed E-state index contributed by atoms with van der Waals surface area (Å²) in [4.78, 5) is 17.2. The van der Waals surface area contributed by atoms with Crippen molar-refractivity contribution in [3.8, 4) is 51.1 Å². The Bertz CT molecular complexity index is 1910. The van der Waals surface area contributed by atoms with E-state index in [4.69, 9.17) is 6.57 Å². The largest absolute Gasteiger partial charge is 0.238 e. The molecule has 0 atom stereocenters. The standard InChI is InChI=1S/C36H21F2N5/c1-40-33-20-30(19-32(38)21-33)36-42-34(41-35(43-36)29-14-24(22-39)15-31(37)18-29)16-23-12-27(25-8-4-2-5-9-25)17-28(13-23)26-10-6-3-7-11-26/h2-15,17-21H,16H2. The van der Waals surface area contributed by atoms with E-state index in [2.05, 4.69) is 38.0 Å². The maximum Gasteiger partial charge on any atom is 0.190 e. The predicted molar refractivity (Wildman–Crippen MR) is 162 cm³/mol. The summed E-state index contributed by atoms with van der Waals surface area (Å²) >= 11 is 0. The topological polar surface area (TPSA) is 66.8 Å². The van der Waals surface area contributed by atoms with Crippen LogP contribution in [-0.4, -0.2) is 15.0 Å². The van der Waals surface area contributed by atoms with Gasteiger partial charge in [-0.2, -0.15) is 5.26 Å². The molecule has 7 heteroatoms. The molecule has 5 aromatic carbocycles. The van der Waals surface area contributed by atoms with Crippen molar-refractivity contribution in [3.05, 3.63) is 155 Å². The minimum atomic E-state index is -0.610. The summed E-state index contributed by atoms with van der Waals surface area (Å²) in [5.41, 5.74) is 5.83. The number of benzene rings is 5. The van der Waals surface area contributed by atoms with E-state index in [1.807, 2.05) is 66.7 Å². The third kappa shape index (κ3) is 6.17. The van der Waals surface area contributed by atoms with E-state index in [9.17, 15) is 14.0 Å². The van der Waals surface area contributed by atoms with E-state index in [-0.39, 0.29) is 40.4 Å². The highest BCUT2D eigenvalue weighted by molar-refractivity contribution is 5.74. The van der Waals surface area contributed by atoms with Crippen LogP contribution in [0.2, 0.25) is 0 Å². The van der Waals surface area contributed by atoms with Crippen molar-refractivity contribution >= 4 is 5.69 Å². The van der Waals surface area contributed by atoms with E-state index in [1.165, 1.54) is 24.3 Å². The fourth-order valence-electron chi connectivity index (χ4n) is 4.88. The van der Waals surface area contributed by atoms with Gasteiger partial charge in [-0.3, -0.25) is 0 Å². The molecule has 0 aliphatic carbocycles. The molecule has 0 bridgehead atoms. The van der Waals surface area contributed by atoms with Crippen molar-refractivity contribution in [2.75, 3.05) is 0 Å². The Hall–Kier alpha value is -6.05. The van der Waals surface area contributed by atoms with Crippen LogP contribution in [0.1, 0.15) is 17.0 Å². The molecule has 0 aliphatic rings. The van der Waals surface area contributed by atoms with Crippen molar-refractivity contribution in [1.82, 2.24) is 15.0 Å². The highest BCUT2D eigenvalue weighted by Crippen LogP contribution is 2.31. The van der Waals surface area contributed by atoms with Gasteiger partial charge in [0.05, 0.1) is 18.2 Å². The van der Waals surface area contributed by atoms with E-state index >= 15 is 0 Å². The molecule has 0 saturated heterocycles. The molecule has 5 nitrogen and oxygen atoms in total. The smallest absolute Gasteiger partial charge is 0.190 e. The summed E-state index contributed by atoms with van der Waals surface area (Å²) in [6, 6.07) is 36.0. The highest BCUT2D eigenvalue weighted by Gasteiger charge is 2.15. The number of hydrogen-bond acceptors (Lipinski definition) is 4. The normalized spacial score (nSPS) is 10.6. The number of nitrogens with zero attached hydrogens (tertiary/aromatic N) is 5. The summed E-state index contributed by atoms with van der Waals surface area (Å²) in [5, 5.41) is 9.40. The Kier molecular flexibility index (Phi) is 7.46. The lowest BCUT2D eigenvalue weighted by molar-refractivity contribution is 0.627. The highest BCUT2D eigenvalue weighted by atomic mass is 19.1. The zero-order valence-corrected chi connectivity index (χ0v) is 22.7. The van der Waals surface area contributed by atoms with Crippen molar-refractivity contribution in [3.63, 3.8) is 0 Å². The Balaban J connectivity index is 1.51. The lowest BCUT2D eigenvalue weighted by Crippen LogP contribution is -2.05. The van der Waals surface area contributed by atoms with Gasteiger partial charge in [0.2, 0.25) is 0 Å². The fourth-order valence-corrected chi connectivity index (χ4v) is 4.88. The monoisotopic (exact) mass is 561 g/mol. The van der Waals surface area contributed by atoms with E-state index in [0.717, 1.165) is 39.9 Å². The molecule has 0 N–H and O–H groups in total. The molecular weight excluding hydrogens is 540 g/mol. The maximum atomic E-state index is 14.4. The van der Waals surface area contributed by atoms with Crippen LogP contribution in [0.3, 0.4) is 0 Å². The second-order valence-electron chi connectivity index (χ2n) is 9.88. The first-order chi connectivity index (χ1) is 21.0. The summed E-state index contributed by atoms with van der Waals surface area (Å²) in [6.45, 7) is 7.35. The number of hydrogen-bond donors (Lipinski definition) is 0. The summed E-state index contributed by atoms with van der Waals surface area (Å²) in [5.74, 6) is -0.586. The van der Waals surface area contributed by atoms with Gasteiger partial charge in [-0.15, -0.1) is 0 Å². The van der Waals surface area contributed by atoms with Gasteiger partial charge in [0.25, 0.3) is 0 Å². The first kappa shape index (κ1) is 27.1. The first-order valence-corrected chi connectivity index (χ1v) is 13.4. The lowest BCUT2D eigenvalue weighted by atomic mass is 9.95. The molecule has 0 aliphatic heterocycles. The van der Waals surface area contributed by atoms with Crippen LogP contribution < -0.4 is 0 Å². The third-order valence-corrected chi connectivity index (χ3v) is 6.81. The minimum absolute atomic E-state index is 0.0964. The van der Waals surface area contributed by atoms with E-state index in [1.54, 1.807) is 0 Å². The Morgan fingerprint density at radius 2 is 1.16 bits per heavy atom. The van der Waals surface area contributed by atoms with Gasteiger partial charge in [0, 0.05) is 17.5 Å². The summed E-state index contributed by atoms with van der Waals surface area (Å²) in [7, 11) is 0. The van der Waals surface area contributed by atoms with Gasteiger partial charge in [0.1, 0.15) is 17.5 Å². The first-order valence-electron chi connectivity index (χ1n) is 13.4. The van der Waals surface area contributed by atoms with Crippen LogP contribution in [0.5, 0.6) is 0 Å². The van der Waals surface area contributed by atoms with E-state index < -0.39 is 11.6 Å². The zero-order valence-electron chi connectivity index (χ0n) is 22.7. The van der Waals surface area contributed by atoms with Crippen molar-refractivity contribution in [1.29, 1.82) is 5.26 Å². The quantitative estimate of drug-likeness (QED) is 0.191. The molecule has 0 fully saturated rings. The molecule has 0 radical (unpaired) electrons. The number of halogens is 2. The van der Waals surface area contributed by atoms with Gasteiger partial charge in [-0.25, -0.2) is 28.6 Å². The summed E-state index contributed by atoms with van der Waals surface area (Å²) in [6.07, 6.45) is 0.286. The average Bonchev–Trinajstić information content (AvgIpc) is 3.04. The van der Waals surface area contributed by atoms with Gasteiger partial charge < -0.3 is 0 Å². The van der Waals surface area contributed by atoms with Crippen LogP contribution in [0.4, 0.5) is 14.5 Å². The van der Waals surface area contributed by atoms with Crippen molar-refractivity contribution < 1.29 is 8.78 Å². The Morgan fingerprint density at radius 1 is 0.605 bits per heavy atom. The second kappa shape index (κ2) is 11.8. The fraction of sp³-hybridized carbons (Fsp3) is 0.0278. The zero-order chi connectivity index (χ0) is 29.8. The number of nitriles is 1. The van der Waals surface area contributed by atoms with Crippen LogP contribution >= 0.6 is 0 Å². The molecule has 1 aromatic heterocycles. The van der Waals surface area contributed by atoms with E-state index in [0.29, 0.717) is 5.82 Å². The molecular formula is C36H21F2N5. The Morgan fingerprint density at radius 3 is 1.72 bits per heavy atom. The second-order valence-corrected chi connectivity index (χ2v) is 9.88. The van der Waals surface area contributed by atoms with Crippen LogP contribution in [0.25, 0.3) is 49.9 Å². The Labute approximate surface area is 247 Å². The SMILES string of the molecule is [C-]#[N+]c1cc(F)cc(-c2nc(Cc3cc(-c4ccccc4)cc(-c4ccccc4)c3)nc(-c3cc(F)cc(C#N)c3)n2)c1. The van der Waals surface area contributed by atoms with Gasteiger partial charge in [-0.1, -0.05) is 72.8 Å². The van der Waals surface area contributed by atoms with Gasteiger partial charge in [0.15, 0.2) is 17.3 Å². The lowest BCUT2D eigenvalue weighted by Gasteiger charge is -2.12. The van der Waals surface area contributed by atoms with Gasteiger partial charge >= 0.3 is 0 Å². The molecule has 204 valence electrons. The van der Waals surface area contributed by atoms with Crippen LogP contribution in [0.15, 0.2) is 115 Å². The minimum Gasteiger partial charge on any atom is -0.238 e. The molecule has 1 heterocycles. The van der Waals surface area contributed by atoms with Gasteiger partial charge in [-0.05, 0) is 70.3 Å². The van der Waals surface area contributed by atoms with Crippen LogP contribution in [0, 0.1) is 29.5 Å². The molecule has 0 unspecified atom stereocenters. The third-order valence-electron chi connectivity index (χ3n) is 6.81. The molecule has 0 spiro atoms. The maximum absolute atomic E-state index is 14.4. The summed E-state index contributed by atoms with van der Waals surface area (Å²) < 4.78 is 28.9. The molecule has 6 rings (SSSR count). The molecule has 6 aromatic rings. The van der Waals surface area contributed by atoms with Crippen molar-refractivity contribution in [2.45, 2.75) is 6.42 Å². The molecule has 0 amide bonds. The predicted octanol–water partition coefficient (Wildman–Crippen LogP) is 8.83. The average molecular weight is 562 g/mol. The van der Waals surface area contributed by atoms with Crippen molar-refractivity contribution in [2.24, 2.45) is 0 Å².